The van der Waals surface area contributed by atoms with E-state index >= 15 is 0 Å². The molecule has 0 bridgehead atoms. The van der Waals surface area contributed by atoms with Crippen molar-refractivity contribution in [3.05, 3.63) is 46.5 Å². The van der Waals surface area contributed by atoms with Crippen LogP contribution in [0.25, 0.3) is 0 Å². The molecule has 4 rings (SSSR count). The molecule has 0 spiro atoms. The number of benzene rings is 1. The molecule has 2 fully saturated rings. The largest absolute Gasteiger partial charge is 0.476 e. The third-order valence-electron chi connectivity index (χ3n) is 5.06. The van der Waals surface area contributed by atoms with Crippen LogP contribution in [0.3, 0.4) is 0 Å². The molecule has 2 aliphatic heterocycles. The van der Waals surface area contributed by atoms with Gasteiger partial charge in [0.2, 0.25) is 5.91 Å². The van der Waals surface area contributed by atoms with Gasteiger partial charge in [0.1, 0.15) is 0 Å². The zero-order valence-electron chi connectivity index (χ0n) is 15.0. The summed E-state index contributed by atoms with van der Waals surface area (Å²) < 4.78 is 5.96. The van der Waals surface area contributed by atoms with E-state index in [0.29, 0.717) is 42.7 Å². The third-order valence-corrected chi connectivity index (χ3v) is 6.09. The molecule has 0 saturated carbocycles. The quantitative estimate of drug-likeness (QED) is 0.866. The van der Waals surface area contributed by atoms with Crippen molar-refractivity contribution < 1.29 is 19.4 Å². The number of thiazole rings is 1. The maximum atomic E-state index is 12.7. The number of ether oxygens (including phenoxy) is 1. The number of carbonyl (C=O) groups is 2. The molecule has 3 heterocycles. The first-order valence-corrected chi connectivity index (χ1v) is 9.75. The Balaban J connectivity index is 1.57. The molecule has 2 saturated heterocycles. The van der Waals surface area contributed by atoms with Crippen LogP contribution in [0, 0.1) is 6.92 Å². The van der Waals surface area contributed by atoms with Crippen LogP contribution in [0.1, 0.15) is 27.3 Å². The van der Waals surface area contributed by atoms with Crippen LogP contribution in [0.4, 0.5) is 5.13 Å². The second kappa shape index (κ2) is 7.28. The van der Waals surface area contributed by atoms with E-state index in [1.54, 1.807) is 6.92 Å². The molecule has 2 aliphatic rings. The third kappa shape index (κ3) is 3.54. The van der Waals surface area contributed by atoms with E-state index in [1.807, 2.05) is 40.1 Å². The monoisotopic (exact) mass is 387 g/mol. The van der Waals surface area contributed by atoms with E-state index in [1.165, 1.54) is 11.3 Å². The second-order valence-electron chi connectivity index (χ2n) is 6.85. The Morgan fingerprint density at radius 1 is 1.33 bits per heavy atom. The van der Waals surface area contributed by atoms with Gasteiger partial charge in [-0.3, -0.25) is 4.79 Å². The highest BCUT2D eigenvalue weighted by atomic mass is 32.1. The summed E-state index contributed by atoms with van der Waals surface area (Å²) in [6.45, 7) is 3.93. The topological polar surface area (TPSA) is 83.0 Å². The van der Waals surface area contributed by atoms with E-state index in [4.69, 9.17) is 4.74 Å². The van der Waals surface area contributed by atoms with Crippen molar-refractivity contribution in [1.29, 1.82) is 0 Å². The fourth-order valence-electron chi connectivity index (χ4n) is 3.70. The van der Waals surface area contributed by atoms with Gasteiger partial charge < -0.3 is 19.6 Å². The lowest BCUT2D eigenvalue weighted by Gasteiger charge is -2.29. The van der Waals surface area contributed by atoms with Gasteiger partial charge in [-0.15, -0.1) is 11.3 Å². The van der Waals surface area contributed by atoms with Crippen LogP contribution in [0.5, 0.6) is 0 Å². The van der Waals surface area contributed by atoms with Gasteiger partial charge in [0.05, 0.1) is 25.2 Å². The van der Waals surface area contributed by atoms with Gasteiger partial charge in [0, 0.05) is 24.5 Å². The van der Waals surface area contributed by atoms with Gasteiger partial charge in [-0.1, -0.05) is 30.3 Å². The summed E-state index contributed by atoms with van der Waals surface area (Å²) >= 11 is 1.37. The number of fused-ring (bicyclic) bond motifs is 1. The highest BCUT2D eigenvalue weighted by Gasteiger charge is 2.42. The molecule has 27 heavy (non-hydrogen) atoms. The fourth-order valence-corrected chi connectivity index (χ4v) is 4.62. The van der Waals surface area contributed by atoms with Crippen molar-refractivity contribution in [2.75, 3.05) is 24.6 Å². The number of aromatic carboxylic acids is 1. The van der Waals surface area contributed by atoms with Crippen LogP contribution in [-0.2, 0) is 16.1 Å². The number of anilines is 1. The molecule has 1 N–H and O–H groups in total. The van der Waals surface area contributed by atoms with Gasteiger partial charge >= 0.3 is 5.97 Å². The summed E-state index contributed by atoms with van der Waals surface area (Å²) in [5, 5.41) is 9.93. The van der Waals surface area contributed by atoms with E-state index in [0.717, 1.165) is 5.56 Å². The molecule has 0 aliphatic carbocycles. The van der Waals surface area contributed by atoms with Gasteiger partial charge in [-0.25, -0.2) is 9.78 Å². The minimum absolute atomic E-state index is 0.0716. The number of hydrogen-bond acceptors (Lipinski definition) is 6. The smallest absolute Gasteiger partial charge is 0.355 e. The lowest BCUT2D eigenvalue weighted by atomic mass is 10.1. The summed E-state index contributed by atoms with van der Waals surface area (Å²) in [5.41, 5.74) is 1.18. The van der Waals surface area contributed by atoms with Crippen molar-refractivity contribution in [1.82, 2.24) is 9.88 Å². The average Bonchev–Trinajstić information content (AvgIpc) is 3.21. The van der Waals surface area contributed by atoms with Crippen molar-refractivity contribution in [2.24, 2.45) is 0 Å². The van der Waals surface area contributed by atoms with Crippen molar-refractivity contribution in [3.8, 4) is 0 Å². The minimum Gasteiger partial charge on any atom is -0.476 e. The second-order valence-corrected chi connectivity index (χ2v) is 8.03. The number of rotatable bonds is 4. The number of hydrogen-bond donors (Lipinski definition) is 1. The molecule has 1 aromatic heterocycles. The van der Waals surface area contributed by atoms with Crippen LogP contribution >= 0.6 is 11.3 Å². The lowest BCUT2D eigenvalue weighted by molar-refractivity contribution is -0.133. The number of aromatic nitrogens is 1. The molecule has 142 valence electrons. The predicted molar refractivity (Wildman–Crippen MR) is 101 cm³/mol. The van der Waals surface area contributed by atoms with Gasteiger partial charge in [0.15, 0.2) is 10.8 Å². The highest BCUT2D eigenvalue weighted by molar-refractivity contribution is 7.15. The molecule has 2 atom stereocenters. The van der Waals surface area contributed by atoms with Crippen molar-refractivity contribution in [3.63, 3.8) is 0 Å². The van der Waals surface area contributed by atoms with Crippen LogP contribution in [0.2, 0.25) is 0 Å². The molecule has 1 amide bonds. The first kappa shape index (κ1) is 17.9. The molecule has 2 aromatic rings. The fraction of sp³-hybridized carbons (Fsp3) is 0.421. The first-order chi connectivity index (χ1) is 13.0. The molecular formula is C19H21N3O4S. The summed E-state index contributed by atoms with van der Waals surface area (Å²) in [5.74, 6) is -0.921. The summed E-state index contributed by atoms with van der Waals surface area (Å²) in [4.78, 5) is 32.9. The average molecular weight is 387 g/mol. The lowest BCUT2D eigenvalue weighted by Crippen LogP contribution is -2.45. The summed E-state index contributed by atoms with van der Waals surface area (Å²) in [6, 6.07) is 9.87. The number of carbonyl (C=O) groups excluding carboxylic acids is 1. The van der Waals surface area contributed by atoms with Gasteiger partial charge in [-0.2, -0.15) is 0 Å². The Morgan fingerprint density at radius 3 is 2.81 bits per heavy atom. The Bertz CT molecular complexity index is 854. The van der Waals surface area contributed by atoms with Crippen LogP contribution in [-0.4, -0.2) is 58.7 Å². The number of aryl methyl sites for hydroxylation is 1. The minimum atomic E-state index is -1.01. The standard InChI is InChI=1S/C19H21N3O4S/c1-12-17(18(24)25)20-19(27-12)21-10-14-15(11-21)26-8-7-16(23)22(14)9-13-5-3-2-4-6-13/h2-6,14-15H,7-11H2,1H3,(H,24,25)/t14-,15-/m0/s1. The van der Waals surface area contributed by atoms with Crippen LogP contribution in [0.15, 0.2) is 30.3 Å². The number of carboxylic acids is 1. The maximum absolute atomic E-state index is 12.7. The Morgan fingerprint density at radius 2 is 2.11 bits per heavy atom. The Kier molecular flexibility index (Phi) is 4.84. The zero-order chi connectivity index (χ0) is 19.0. The van der Waals surface area contributed by atoms with Crippen molar-refractivity contribution >= 4 is 28.3 Å². The SMILES string of the molecule is Cc1sc(N2C[C@@H]3OCCC(=O)N(Cc4ccccc4)[C@H]3C2)nc1C(=O)O. The maximum Gasteiger partial charge on any atom is 0.355 e. The Hall–Kier alpha value is -2.45. The Labute approximate surface area is 161 Å². The molecule has 1 aromatic carbocycles. The molecule has 0 radical (unpaired) electrons. The number of nitrogens with zero attached hydrogens (tertiary/aromatic N) is 3. The zero-order valence-corrected chi connectivity index (χ0v) is 15.8. The molecule has 8 heteroatoms. The van der Waals surface area contributed by atoms with E-state index in [2.05, 4.69) is 4.98 Å². The van der Waals surface area contributed by atoms with E-state index < -0.39 is 5.97 Å². The predicted octanol–water partition coefficient (Wildman–Crippen LogP) is 2.16. The van der Waals surface area contributed by atoms with E-state index in [9.17, 15) is 14.7 Å². The number of carboxylic acid groups (broad SMARTS) is 1. The normalized spacial score (nSPS) is 22.6. The molecule has 7 nitrogen and oxygen atoms in total. The van der Waals surface area contributed by atoms with E-state index in [-0.39, 0.29) is 23.7 Å². The molecular weight excluding hydrogens is 366 g/mol. The molecule has 0 unspecified atom stereocenters. The van der Waals surface area contributed by atoms with Crippen molar-refractivity contribution in [2.45, 2.75) is 32.0 Å². The van der Waals surface area contributed by atoms with Gasteiger partial charge in [0.25, 0.3) is 0 Å². The highest BCUT2D eigenvalue weighted by Crippen LogP contribution is 2.32. The number of amides is 1. The summed E-state index contributed by atoms with van der Waals surface area (Å²) in [7, 11) is 0. The summed E-state index contributed by atoms with van der Waals surface area (Å²) in [6.07, 6.45) is 0.289. The van der Waals surface area contributed by atoms with Gasteiger partial charge in [-0.05, 0) is 12.5 Å². The first-order valence-electron chi connectivity index (χ1n) is 8.93. The van der Waals surface area contributed by atoms with Crippen LogP contribution < -0.4 is 4.90 Å².